The monoisotopic (exact) mass is 419 g/mol. The minimum Gasteiger partial charge on any atom is -0.492 e. The number of para-hydroxylation sites is 1. The zero-order valence-electron chi connectivity index (χ0n) is 18.3. The lowest BCUT2D eigenvalue weighted by molar-refractivity contribution is 0.0322. The van der Waals surface area contributed by atoms with E-state index >= 15 is 0 Å². The van der Waals surface area contributed by atoms with Crippen LogP contribution < -0.4 is 15.4 Å². The van der Waals surface area contributed by atoms with E-state index in [0.717, 1.165) is 96.1 Å². The summed E-state index contributed by atoms with van der Waals surface area (Å²) >= 11 is 0. The minimum atomic E-state index is 0.584. The fourth-order valence-corrected chi connectivity index (χ4v) is 3.55. The van der Waals surface area contributed by atoms with Crippen LogP contribution >= 0.6 is 0 Å². The summed E-state index contributed by atoms with van der Waals surface area (Å²) in [6, 6.07) is 8.18. The Morgan fingerprint density at radius 1 is 0.967 bits per heavy atom. The Balaban J connectivity index is 1.46. The first-order valence-electron chi connectivity index (χ1n) is 11.2. The molecule has 0 unspecified atom stereocenters. The minimum absolute atomic E-state index is 0.584. The molecule has 0 saturated carbocycles. The summed E-state index contributed by atoms with van der Waals surface area (Å²) in [6.07, 6.45) is 0. The van der Waals surface area contributed by atoms with E-state index in [2.05, 4.69) is 33.4 Å². The fraction of sp³-hybridized carbons (Fsp3) is 0.682. The maximum Gasteiger partial charge on any atom is 0.191 e. The molecule has 2 aliphatic heterocycles. The number of nitrogens with zero attached hydrogens (tertiary/aromatic N) is 3. The van der Waals surface area contributed by atoms with Gasteiger partial charge in [-0.2, -0.15) is 0 Å². The zero-order valence-corrected chi connectivity index (χ0v) is 18.3. The molecule has 2 heterocycles. The third-order valence-corrected chi connectivity index (χ3v) is 5.32. The van der Waals surface area contributed by atoms with Crippen molar-refractivity contribution in [2.24, 2.45) is 4.99 Å². The Hall–Kier alpha value is -1.87. The second-order valence-corrected chi connectivity index (χ2v) is 7.49. The first kappa shape index (κ1) is 22.8. The molecule has 0 spiro atoms. The topological polar surface area (TPSA) is 70.6 Å². The Kier molecular flexibility index (Phi) is 10.2. The largest absolute Gasteiger partial charge is 0.492 e. The SMILES string of the molecule is CCNC(=NCc1ccccc1OCCN1CCOCC1)NCCN1CCOCC1. The molecule has 0 aromatic heterocycles. The van der Waals surface area contributed by atoms with Gasteiger partial charge in [0.2, 0.25) is 0 Å². The molecule has 0 aliphatic carbocycles. The van der Waals surface area contributed by atoms with E-state index in [1.165, 1.54) is 0 Å². The van der Waals surface area contributed by atoms with Gasteiger partial charge in [0.15, 0.2) is 5.96 Å². The normalized spacial score (nSPS) is 18.9. The van der Waals surface area contributed by atoms with E-state index in [4.69, 9.17) is 19.2 Å². The highest BCUT2D eigenvalue weighted by Crippen LogP contribution is 2.19. The second kappa shape index (κ2) is 13.4. The molecule has 8 heteroatoms. The Morgan fingerprint density at radius 2 is 1.63 bits per heavy atom. The van der Waals surface area contributed by atoms with Crippen LogP contribution in [-0.4, -0.2) is 101 Å². The first-order chi connectivity index (χ1) is 14.8. The maximum atomic E-state index is 6.08. The van der Waals surface area contributed by atoms with Crippen molar-refractivity contribution in [1.29, 1.82) is 0 Å². The summed E-state index contributed by atoms with van der Waals surface area (Å²) in [5.74, 6) is 1.76. The van der Waals surface area contributed by atoms with Crippen molar-refractivity contribution in [2.45, 2.75) is 13.5 Å². The van der Waals surface area contributed by atoms with Crippen LogP contribution in [0.3, 0.4) is 0 Å². The highest BCUT2D eigenvalue weighted by Gasteiger charge is 2.11. The quantitative estimate of drug-likeness (QED) is 0.429. The number of aliphatic imine (C=N–C) groups is 1. The van der Waals surface area contributed by atoms with Gasteiger partial charge in [0.1, 0.15) is 12.4 Å². The summed E-state index contributed by atoms with van der Waals surface area (Å²) in [7, 11) is 0. The Bertz CT molecular complexity index is 631. The lowest BCUT2D eigenvalue weighted by atomic mass is 10.2. The Morgan fingerprint density at radius 3 is 2.33 bits per heavy atom. The molecule has 1 aromatic rings. The molecule has 8 nitrogen and oxygen atoms in total. The van der Waals surface area contributed by atoms with Crippen LogP contribution in [0.15, 0.2) is 29.3 Å². The first-order valence-corrected chi connectivity index (χ1v) is 11.2. The molecule has 0 bridgehead atoms. The molecule has 0 atom stereocenters. The highest BCUT2D eigenvalue weighted by atomic mass is 16.5. The third kappa shape index (κ3) is 8.10. The van der Waals surface area contributed by atoms with E-state index in [-0.39, 0.29) is 0 Å². The number of benzene rings is 1. The van der Waals surface area contributed by atoms with E-state index in [9.17, 15) is 0 Å². The summed E-state index contributed by atoms with van der Waals surface area (Å²) in [6.45, 7) is 14.2. The third-order valence-electron chi connectivity index (χ3n) is 5.32. The molecule has 0 radical (unpaired) electrons. The molecule has 1 aromatic carbocycles. The number of hydrogen-bond acceptors (Lipinski definition) is 6. The van der Waals surface area contributed by atoms with Crippen LogP contribution in [0.1, 0.15) is 12.5 Å². The molecule has 168 valence electrons. The van der Waals surface area contributed by atoms with E-state index in [1.54, 1.807) is 0 Å². The van der Waals surface area contributed by atoms with Crippen LogP contribution in [0.2, 0.25) is 0 Å². The van der Waals surface area contributed by atoms with E-state index in [1.807, 2.05) is 18.2 Å². The smallest absolute Gasteiger partial charge is 0.191 e. The molecule has 2 fully saturated rings. The molecular formula is C22H37N5O3. The summed E-state index contributed by atoms with van der Waals surface area (Å²) < 4.78 is 16.9. The highest BCUT2D eigenvalue weighted by molar-refractivity contribution is 5.79. The van der Waals surface area contributed by atoms with Crippen molar-refractivity contribution < 1.29 is 14.2 Å². The van der Waals surface area contributed by atoms with Gasteiger partial charge in [-0.05, 0) is 13.0 Å². The van der Waals surface area contributed by atoms with Gasteiger partial charge in [-0.25, -0.2) is 4.99 Å². The summed E-state index contributed by atoms with van der Waals surface area (Å²) in [5.41, 5.74) is 1.10. The molecule has 2 N–H and O–H groups in total. The van der Waals surface area contributed by atoms with Crippen molar-refractivity contribution in [2.75, 3.05) is 85.4 Å². The predicted octanol–water partition coefficient (Wildman–Crippen LogP) is 0.785. The molecule has 30 heavy (non-hydrogen) atoms. The van der Waals surface area contributed by atoms with E-state index in [0.29, 0.717) is 13.2 Å². The van der Waals surface area contributed by atoms with Gasteiger partial charge in [-0.1, -0.05) is 18.2 Å². The van der Waals surface area contributed by atoms with Gasteiger partial charge in [0, 0.05) is 57.9 Å². The van der Waals surface area contributed by atoms with Crippen LogP contribution in [-0.2, 0) is 16.0 Å². The van der Waals surface area contributed by atoms with Crippen molar-refractivity contribution in [3.05, 3.63) is 29.8 Å². The molecule has 2 saturated heterocycles. The molecule has 0 amide bonds. The fourth-order valence-electron chi connectivity index (χ4n) is 3.55. The van der Waals surface area contributed by atoms with Gasteiger partial charge in [0.05, 0.1) is 33.0 Å². The maximum absolute atomic E-state index is 6.08. The second-order valence-electron chi connectivity index (χ2n) is 7.49. The number of guanidine groups is 1. The zero-order chi connectivity index (χ0) is 20.9. The van der Waals surface area contributed by atoms with Crippen molar-refractivity contribution >= 4 is 5.96 Å². The van der Waals surface area contributed by atoms with Crippen molar-refractivity contribution in [3.63, 3.8) is 0 Å². The van der Waals surface area contributed by atoms with Gasteiger partial charge >= 0.3 is 0 Å². The lowest BCUT2D eigenvalue weighted by Crippen LogP contribution is -2.44. The van der Waals surface area contributed by atoms with Gasteiger partial charge in [0.25, 0.3) is 0 Å². The van der Waals surface area contributed by atoms with Crippen LogP contribution in [0.5, 0.6) is 5.75 Å². The van der Waals surface area contributed by atoms with Gasteiger partial charge < -0.3 is 24.8 Å². The predicted molar refractivity (Wildman–Crippen MR) is 119 cm³/mol. The van der Waals surface area contributed by atoms with Crippen LogP contribution in [0.4, 0.5) is 0 Å². The number of ether oxygens (including phenoxy) is 3. The van der Waals surface area contributed by atoms with Crippen LogP contribution in [0.25, 0.3) is 0 Å². The number of hydrogen-bond donors (Lipinski definition) is 2. The molecule has 2 aliphatic rings. The number of morpholine rings is 2. The lowest BCUT2D eigenvalue weighted by Gasteiger charge is -2.26. The van der Waals surface area contributed by atoms with E-state index < -0.39 is 0 Å². The summed E-state index contributed by atoms with van der Waals surface area (Å²) in [5, 5.41) is 6.77. The average molecular weight is 420 g/mol. The van der Waals surface area contributed by atoms with Gasteiger partial charge in [-0.15, -0.1) is 0 Å². The summed E-state index contributed by atoms with van der Waals surface area (Å²) in [4.78, 5) is 9.56. The molecule has 3 rings (SSSR count). The van der Waals surface area contributed by atoms with Gasteiger partial charge in [-0.3, -0.25) is 9.80 Å². The molecular weight excluding hydrogens is 382 g/mol. The van der Waals surface area contributed by atoms with Crippen LogP contribution in [0, 0.1) is 0 Å². The standard InChI is InChI=1S/C22H37N5O3/c1-2-23-22(24-7-8-26-9-14-28-15-10-26)25-19-20-5-3-4-6-21(20)30-18-13-27-11-16-29-17-12-27/h3-6H,2,7-19H2,1H3,(H2,23,24,25). The average Bonchev–Trinajstić information content (AvgIpc) is 2.80. The Labute approximate surface area is 180 Å². The number of rotatable bonds is 10. The van der Waals surface area contributed by atoms with Crippen molar-refractivity contribution in [3.8, 4) is 5.75 Å². The number of nitrogens with one attached hydrogen (secondary N) is 2. The van der Waals surface area contributed by atoms with Crippen molar-refractivity contribution in [1.82, 2.24) is 20.4 Å².